The van der Waals surface area contributed by atoms with Crippen LogP contribution in [0.1, 0.15) is 25.3 Å². The van der Waals surface area contributed by atoms with Crippen LogP contribution in [-0.2, 0) is 14.8 Å². The SMILES string of the molecule is C=C(c1ccc(NS(=O)(=O)c2cccc3cccnc23)cc1)N1CCN(C(=O)OCC2CC2)C[C@H]1C. The van der Waals surface area contributed by atoms with Gasteiger partial charge in [0.2, 0.25) is 0 Å². The zero-order valence-electron chi connectivity index (χ0n) is 20.3. The van der Waals surface area contributed by atoms with Crippen molar-refractivity contribution in [2.75, 3.05) is 31.0 Å². The molecule has 3 aromatic rings. The highest BCUT2D eigenvalue weighted by molar-refractivity contribution is 7.93. The van der Waals surface area contributed by atoms with Crippen molar-refractivity contribution in [3.63, 3.8) is 0 Å². The lowest BCUT2D eigenvalue weighted by Crippen LogP contribution is -2.52. The molecule has 1 atom stereocenters. The topological polar surface area (TPSA) is 91.8 Å². The molecule has 1 N–H and O–H groups in total. The molecule has 1 aromatic heterocycles. The van der Waals surface area contributed by atoms with Gasteiger partial charge in [-0.05, 0) is 55.5 Å². The smallest absolute Gasteiger partial charge is 0.409 e. The van der Waals surface area contributed by atoms with E-state index in [4.69, 9.17) is 4.74 Å². The fourth-order valence-electron chi connectivity index (χ4n) is 4.49. The summed E-state index contributed by atoms with van der Waals surface area (Å²) in [6, 6.07) is 15.9. The number of benzene rings is 2. The van der Waals surface area contributed by atoms with Gasteiger partial charge in [-0.1, -0.05) is 36.9 Å². The number of ether oxygens (including phenoxy) is 1. The number of nitrogens with one attached hydrogen (secondary N) is 1. The molecule has 1 aliphatic heterocycles. The Hall–Kier alpha value is -3.59. The zero-order chi connectivity index (χ0) is 25.3. The highest BCUT2D eigenvalue weighted by Crippen LogP contribution is 2.30. The molecule has 5 rings (SSSR count). The van der Waals surface area contributed by atoms with Crippen LogP contribution in [0.15, 0.2) is 72.3 Å². The predicted molar refractivity (Wildman–Crippen MR) is 140 cm³/mol. The molecule has 1 saturated carbocycles. The largest absolute Gasteiger partial charge is 0.449 e. The Kier molecular flexibility index (Phi) is 6.57. The summed E-state index contributed by atoms with van der Waals surface area (Å²) >= 11 is 0. The Morgan fingerprint density at radius 1 is 1.11 bits per heavy atom. The van der Waals surface area contributed by atoms with Crippen LogP contribution >= 0.6 is 0 Å². The first-order chi connectivity index (χ1) is 17.3. The number of pyridine rings is 1. The maximum Gasteiger partial charge on any atom is 0.409 e. The molecule has 0 radical (unpaired) electrons. The minimum atomic E-state index is -3.82. The lowest BCUT2D eigenvalue weighted by molar-refractivity contribution is 0.0703. The Bertz CT molecular complexity index is 1380. The monoisotopic (exact) mass is 506 g/mol. The van der Waals surface area contributed by atoms with E-state index in [1.165, 1.54) is 0 Å². The Balaban J connectivity index is 1.23. The molecular formula is C27H30N4O4S. The Morgan fingerprint density at radius 2 is 1.86 bits per heavy atom. The van der Waals surface area contributed by atoms with Crippen LogP contribution in [0.2, 0.25) is 0 Å². The van der Waals surface area contributed by atoms with Gasteiger partial charge in [-0.25, -0.2) is 13.2 Å². The van der Waals surface area contributed by atoms with Crippen molar-refractivity contribution in [2.45, 2.75) is 30.7 Å². The number of piperazine rings is 1. The normalized spacial score (nSPS) is 18.2. The van der Waals surface area contributed by atoms with Gasteiger partial charge >= 0.3 is 6.09 Å². The van der Waals surface area contributed by atoms with E-state index in [-0.39, 0.29) is 17.0 Å². The van der Waals surface area contributed by atoms with Gasteiger partial charge in [0, 0.05) is 48.6 Å². The van der Waals surface area contributed by atoms with Crippen molar-refractivity contribution < 1.29 is 17.9 Å². The van der Waals surface area contributed by atoms with E-state index in [0.717, 1.165) is 29.5 Å². The van der Waals surface area contributed by atoms with Crippen LogP contribution in [-0.4, -0.2) is 61.6 Å². The Morgan fingerprint density at radius 3 is 2.58 bits per heavy atom. The highest BCUT2D eigenvalue weighted by atomic mass is 32.2. The third kappa shape index (κ3) is 5.16. The molecule has 0 spiro atoms. The number of fused-ring (bicyclic) bond motifs is 1. The van der Waals surface area contributed by atoms with Crippen molar-refractivity contribution >= 4 is 38.4 Å². The van der Waals surface area contributed by atoms with Crippen molar-refractivity contribution in [1.29, 1.82) is 0 Å². The molecule has 1 amide bonds. The minimum absolute atomic E-state index is 0.0803. The molecule has 8 nitrogen and oxygen atoms in total. The minimum Gasteiger partial charge on any atom is -0.449 e. The summed E-state index contributed by atoms with van der Waals surface area (Å²) in [7, 11) is -3.82. The molecule has 2 fully saturated rings. The van der Waals surface area contributed by atoms with Crippen molar-refractivity contribution in [2.24, 2.45) is 5.92 Å². The summed E-state index contributed by atoms with van der Waals surface area (Å²) in [5, 5.41) is 0.761. The molecule has 1 saturated heterocycles. The van der Waals surface area contributed by atoms with E-state index >= 15 is 0 Å². The molecule has 36 heavy (non-hydrogen) atoms. The number of anilines is 1. The van der Waals surface area contributed by atoms with E-state index < -0.39 is 10.0 Å². The van der Waals surface area contributed by atoms with Gasteiger partial charge in [-0.2, -0.15) is 0 Å². The molecule has 9 heteroatoms. The molecule has 2 heterocycles. The molecule has 2 aromatic carbocycles. The summed E-state index contributed by atoms with van der Waals surface area (Å²) in [6.07, 6.45) is 3.65. The number of sulfonamides is 1. The molecule has 0 bridgehead atoms. The molecule has 0 unspecified atom stereocenters. The molecule has 1 aliphatic carbocycles. The van der Waals surface area contributed by atoms with Gasteiger partial charge in [0.25, 0.3) is 10.0 Å². The third-order valence-electron chi connectivity index (χ3n) is 6.73. The molecular weight excluding hydrogens is 476 g/mol. The van der Waals surface area contributed by atoms with Gasteiger partial charge in [0.15, 0.2) is 0 Å². The first kappa shape index (κ1) is 24.1. The van der Waals surface area contributed by atoms with Crippen molar-refractivity contribution in [3.8, 4) is 0 Å². The number of hydrogen-bond donors (Lipinski definition) is 1. The Labute approximate surface area is 211 Å². The average Bonchev–Trinajstić information content (AvgIpc) is 3.71. The number of para-hydroxylation sites is 1. The summed E-state index contributed by atoms with van der Waals surface area (Å²) in [5.41, 5.74) is 2.61. The molecule has 188 valence electrons. The van der Waals surface area contributed by atoms with Gasteiger partial charge in [-0.15, -0.1) is 0 Å². The summed E-state index contributed by atoms with van der Waals surface area (Å²) in [5.74, 6) is 0.545. The number of hydrogen-bond acceptors (Lipinski definition) is 6. The highest BCUT2D eigenvalue weighted by Gasteiger charge is 2.30. The van der Waals surface area contributed by atoms with Crippen LogP contribution in [0.25, 0.3) is 16.6 Å². The lowest BCUT2D eigenvalue weighted by atomic mass is 10.1. The van der Waals surface area contributed by atoms with Crippen LogP contribution in [0.5, 0.6) is 0 Å². The number of nitrogens with zero attached hydrogens (tertiary/aromatic N) is 3. The van der Waals surface area contributed by atoms with Crippen LogP contribution < -0.4 is 4.72 Å². The number of carbonyl (C=O) groups is 1. The maximum atomic E-state index is 13.1. The van der Waals surface area contributed by atoms with Crippen LogP contribution in [0.3, 0.4) is 0 Å². The maximum absolute atomic E-state index is 13.1. The third-order valence-corrected chi connectivity index (χ3v) is 8.14. The second-order valence-electron chi connectivity index (χ2n) is 9.47. The fourth-order valence-corrected chi connectivity index (χ4v) is 5.73. The van der Waals surface area contributed by atoms with E-state index in [1.807, 2.05) is 24.3 Å². The summed E-state index contributed by atoms with van der Waals surface area (Å²) < 4.78 is 34.2. The van der Waals surface area contributed by atoms with Gasteiger partial charge in [0.1, 0.15) is 4.90 Å². The first-order valence-corrected chi connectivity index (χ1v) is 13.6. The van der Waals surface area contributed by atoms with Gasteiger partial charge in [0.05, 0.1) is 12.1 Å². The standard InChI is InChI=1S/C27H30N4O4S/c1-19-17-30(27(32)35-18-21-8-9-21)15-16-31(19)20(2)22-10-12-24(13-11-22)29-36(33,34)25-7-3-5-23-6-4-14-28-26(23)25/h3-7,10-14,19,21,29H,2,8-9,15-18H2,1H3/t19-/m1/s1. The summed E-state index contributed by atoms with van der Waals surface area (Å²) in [6.45, 7) is 8.65. The van der Waals surface area contributed by atoms with Gasteiger partial charge in [-0.3, -0.25) is 9.71 Å². The lowest BCUT2D eigenvalue weighted by Gasteiger charge is -2.41. The quantitative estimate of drug-likeness (QED) is 0.505. The van der Waals surface area contributed by atoms with E-state index in [2.05, 4.69) is 28.1 Å². The fraction of sp³-hybridized carbons (Fsp3) is 0.333. The van der Waals surface area contributed by atoms with Gasteiger partial charge < -0.3 is 14.5 Å². The predicted octanol–water partition coefficient (Wildman–Crippen LogP) is 4.56. The van der Waals surface area contributed by atoms with E-state index in [9.17, 15) is 13.2 Å². The number of carbonyl (C=O) groups excluding carboxylic acids is 1. The van der Waals surface area contributed by atoms with Crippen molar-refractivity contribution in [1.82, 2.24) is 14.8 Å². The number of amides is 1. The second kappa shape index (κ2) is 9.81. The van der Waals surface area contributed by atoms with Crippen LogP contribution in [0.4, 0.5) is 10.5 Å². The molecule has 2 aliphatic rings. The van der Waals surface area contributed by atoms with Crippen LogP contribution in [0, 0.1) is 5.92 Å². The summed E-state index contributed by atoms with van der Waals surface area (Å²) in [4.78, 5) is 20.7. The van der Waals surface area contributed by atoms with E-state index in [0.29, 0.717) is 43.4 Å². The first-order valence-electron chi connectivity index (χ1n) is 12.2. The zero-order valence-corrected chi connectivity index (χ0v) is 21.1. The van der Waals surface area contributed by atoms with Crippen molar-refractivity contribution in [3.05, 3.63) is 72.9 Å². The number of rotatable bonds is 7. The second-order valence-corrected chi connectivity index (χ2v) is 11.1. The average molecular weight is 507 g/mol. The van der Waals surface area contributed by atoms with E-state index in [1.54, 1.807) is 41.4 Å². The number of aromatic nitrogens is 1.